The first-order valence-corrected chi connectivity index (χ1v) is 7.80. The van der Waals surface area contributed by atoms with Crippen LogP contribution >= 0.6 is 22.6 Å². The number of nitrogens with two attached hydrogens (primary N) is 1. The number of aromatic nitrogens is 1. The van der Waals surface area contributed by atoms with E-state index in [9.17, 15) is 9.59 Å². The van der Waals surface area contributed by atoms with Crippen molar-refractivity contribution < 1.29 is 9.59 Å². The van der Waals surface area contributed by atoms with Gasteiger partial charge in [0.15, 0.2) is 0 Å². The third kappa shape index (κ3) is 3.72. The summed E-state index contributed by atoms with van der Waals surface area (Å²) in [6, 6.07) is 1.82. The lowest BCUT2D eigenvalue weighted by molar-refractivity contribution is -0.126. The highest BCUT2D eigenvalue weighted by atomic mass is 127. The van der Waals surface area contributed by atoms with Crippen molar-refractivity contribution in [1.29, 1.82) is 0 Å². The van der Waals surface area contributed by atoms with E-state index in [0.717, 1.165) is 16.4 Å². The van der Waals surface area contributed by atoms with Crippen molar-refractivity contribution in [2.24, 2.45) is 11.7 Å². The highest BCUT2D eigenvalue weighted by Crippen LogP contribution is 2.19. The molecule has 2 heterocycles. The molecule has 20 heavy (non-hydrogen) atoms. The summed E-state index contributed by atoms with van der Waals surface area (Å²) in [5.41, 5.74) is 5.96. The lowest BCUT2D eigenvalue weighted by Gasteiger charge is -2.31. The van der Waals surface area contributed by atoms with E-state index < -0.39 is 0 Å². The first-order chi connectivity index (χ1) is 9.61. The van der Waals surface area contributed by atoms with E-state index in [-0.39, 0.29) is 17.7 Å². The number of likely N-dealkylation sites (tertiary alicyclic amines) is 1. The summed E-state index contributed by atoms with van der Waals surface area (Å²) in [7, 11) is 0. The monoisotopic (exact) mass is 390 g/mol. The topological polar surface area (TPSA) is 91.2 Å². The van der Waals surface area contributed by atoms with E-state index in [1.807, 2.05) is 6.07 Å². The molecule has 0 aliphatic carbocycles. The Bertz CT molecular complexity index is 488. The van der Waals surface area contributed by atoms with Gasteiger partial charge in [0.1, 0.15) is 5.69 Å². The van der Waals surface area contributed by atoms with E-state index in [0.29, 0.717) is 31.9 Å². The molecule has 1 fully saturated rings. The normalized spacial score (nSPS) is 18.9. The van der Waals surface area contributed by atoms with Crippen molar-refractivity contribution in [2.45, 2.75) is 12.8 Å². The Hall–Kier alpha value is -1.09. The number of aromatic amines is 1. The Balaban J connectivity index is 1.96. The molecular formula is C13H19IN4O2. The molecule has 7 heteroatoms. The zero-order chi connectivity index (χ0) is 14.5. The summed E-state index contributed by atoms with van der Waals surface area (Å²) < 4.78 is 1.00. The number of halogens is 1. The van der Waals surface area contributed by atoms with E-state index in [1.54, 1.807) is 11.1 Å². The minimum atomic E-state index is -0.131. The number of hydrogen-bond acceptors (Lipinski definition) is 3. The molecule has 1 unspecified atom stereocenters. The van der Waals surface area contributed by atoms with Crippen LogP contribution in [0.25, 0.3) is 0 Å². The highest BCUT2D eigenvalue weighted by molar-refractivity contribution is 14.1. The van der Waals surface area contributed by atoms with E-state index in [4.69, 9.17) is 5.73 Å². The summed E-state index contributed by atoms with van der Waals surface area (Å²) in [4.78, 5) is 29.0. The predicted molar refractivity (Wildman–Crippen MR) is 84.2 cm³/mol. The van der Waals surface area contributed by atoms with Crippen LogP contribution in [0.1, 0.15) is 23.3 Å². The number of hydrogen-bond donors (Lipinski definition) is 3. The Labute approximate surface area is 131 Å². The number of piperidine rings is 1. The van der Waals surface area contributed by atoms with Crippen molar-refractivity contribution in [3.05, 3.63) is 21.5 Å². The second-order valence-electron chi connectivity index (χ2n) is 4.90. The average molecular weight is 390 g/mol. The fraction of sp³-hybridized carbons (Fsp3) is 0.538. The number of rotatable bonds is 4. The maximum atomic E-state index is 12.3. The molecule has 110 valence electrons. The van der Waals surface area contributed by atoms with Gasteiger partial charge in [-0.05, 0) is 41.5 Å². The maximum Gasteiger partial charge on any atom is 0.270 e. The van der Waals surface area contributed by atoms with Gasteiger partial charge in [-0.2, -0.15) is 0 Å². The fourth-order valence-corrected chi connectivity index (χ4v) is 2.84. The molecule has 0 aromatic carbocycles. The Morgan fingerprint density at radius 2 is 2.35 bits per heavy atom. The van der Waals surface area contributed by atoms with Crippen molar-refractivity contribution >= 4 is 34.4 Å². The van der Waals surface area contributed by atoms with Gasteiger partial charge in [0.05, 0.1) is 5.92 Å². The zero-order valence-electron chi connectivity index (χ0n) is 11.2. The van der Waals surface area contributed by atoms with Gasteiger partial charge in [-0.3, -0.25) is 9.59 Å². The number of H-pyrrole nitrogens is 1. The van der Waals surface area contributed by atoms with E-state index >= 15 is 0 Å². The van der Waals surface area contributed by atoms with Crippen LogP contribution in [0, 0.1) is 9.49 Å². The van der Waals surface area contributed by atoms with E-state index in [1.165, 1.54) is 0 Å². The van der Waals surface area contributed by atoms with Gasteiger partial charge < -0.3 is 20.9 Å². The number of carbonyl (C=O) groups excluding carboxylic acids is 2. The van der Waals surface area contributed by atoms with Gasteiger partial charge in [0.2, 0.25) is 5.91 Å². The van der Waals surface area contributed by atoms with Crippen LogP contribution in [0.15, 0.2) is 12.3 Å². The molecule has 1 saturated heterocycles. The van der Waals surface area contributed by atoms with Crippen LogP contribution in [0.5, 0.6) is 0 Å². The molecule has 1 aliphatic rings. The third-order valence-electron chi connectivity index (χ3n) is 3.40. The fourth-order valence-electron chi connectivity index (χ4n) is 2.38. The lowest BCUT2D eigenvalue weighted by Crippen LogP contribution is -2.46. The number of nitrogens with zero attached hydrogens (tertiary/aromatic N) is 1. The van der Waals surface area contributed by atoms with Crippen LogP contribution in [0.2, 0.25) is 0 Å². The molecule has 2 rings (SSSR count). The summed E-state index contributed by atoms with van der Waals surface area (Å²) in [6.07, 6.45) is 3.47. The first kappa shape index (κ1) is 15.3. The van der Waals surface area contributed by atoms with Crippen molar-refractivity contribution in [3.8, 4) is 0 Å². The summed E-state index contributed by atoms with van der Waals surface area (Å²) >= 11 is 2.16. The SMILES string of the molecule is NCCNC(=O)C1CCCN(C(=O)c2cc(I)c[nH]2)C1. The largest absolute Gasteiger partial charge is 0.356 e. The summed E-state index contributed by atoms with van der Waals surface area (Å²) in [5.74, 6) is -0.174. The molecular weight excluding hydrogens is 371 g/mol. The quantitative estimate of drug-likeness (QED) is 0.656. The van der Waals surface area contributed by atoms with Gasteiger partial charge in [-0.1, -0.05) is 0 Å². The molecule has 1 aliphatic heterocycles. The first-order valence-electron chi connectivity index (χ1n) is 6.72. The number of amides is 2. The molecule has 1 aromatic rings. The molecule has 0 saturated carbocycles. The minimum absolute atomic E-state index is 0.00554. The third-order valence-corrected chi connectivity index (χ3v) is 4.02. The Morgan fingerprint density at radius 1 is 1.55 bits per heavy atom. The highest BCUT2D eigenvalue weighted by Gasteiger charge is 2.29. The number of carbonyl (C=O) groups is 2. The van der Waals surface area contributed by atoms with Gasteiger partial charge in [0.25, 0.3) is 5.91 Å². The molecule has 1 atom stereocenters. The van der Waals surface area contributed by atoms with Crippen LogP contribution in [0.3, 0.4) is 0 Å². The second kappa shape index (κ2) is 7.07. The lowest BCUT2D eigenvalue weighted by atomic mass is 9.97. The van der Waals surface area contributed by atoms with Gasteiger partial charge in [-0.25, -0.2) is 0 Å². The summed E-state index contributed by atoms with van der Waals surface area (Å²) in [6.45, 7) is 2.10. The van der Waals surface area contributed by atoms with Gasteiger partial charge >= 0.3 is 0 Å². The average Bonchev–Trinajstić information content (AvgIpc) is 2.90. The standard InChI is InChI=1S/C13H19IN4O2/c14-10-6-11(17-7-10)13(20)18-5-1-2-9(8-18)12(19)16-4-3-15/h6-7,9,17H,1-5,8,15H2,(H,16,19). The molecule has 4 N–H and O–H groups in total. The Kier molecular flexibility index (Phi) is 5.41. The van der Waals surface area contributed by atoms with E-state index in [2.05, 4.69) is 32.9 Å². The molecule has 6 nitrogen and oxygen atoms in total. The molecule has 0 bridgehead atoms. The van der Waals surface area contributed by atoms with Crippen LogP contribution < -0.4 is 11.1 Å². The Morgan fingerprint density at radius 3 is 3.00 bits per heavy atom. The van der Waals surface area contributed by atoms with Crippen LogP contribution in [0.4, 0.5) is 0 Å². The van der Waals surface area contributed by atoms with Gasteiger partial charge in [0, 0.05) is 35.9 Å². The van der Waals surface area contributed by atoms with Crippen molar-refractivity contribution in [2.75, 3.05) is 26.2 Å². The van der Waals surface area contributed by atoms with Crippen LogP contribution in [-0.2, 0) is 4.79 Å². The van der Waals surface area contributed by atoms with Crippen molar-refractivity contribution in [1.82, 2.24) is 15.2 Å². The maximum absolute atomic E-state index is 12.3. The predicted octanol–water partition coefficient (Wildman–Crippen LogP) is 0.546. The summed E-state index contributed by atoms with van der Waals surface area (Å²) in [5, 5.41) is 2.79. The van der Waals surface area contributed by atoms with Crippen LogP contribution in [-0.4, -0.2) is 47.9 Å². The van der Waals surface area contributed by atoms with Crippen molar-refractivity contribution in [3.63, 3.8) is 0 Å². The molecule has 0 spiro atoms. The second-order valence-corrected chi connectivity index (χ2v) is 6.15. The molecule has 1 aromatic heterocycles. The molecule has 0 radical (unpaired) electrons. The number of nitrogens with one attached hydrogen (secondary N) is 2. The molecule has 2 amide bonds. The van der Waals surface area contributed by atoms with Gasteiger partial charge in [-0.15, -0.1) is 0 Å². The zero-order valence-corrected chi connectivity index (χ0v) is 13.4. The smallest absolute Gasteiger partial charge is 0.270 e. The minimum Gasteiger partial charge on any atom is -0.356 e.